The second-order valence-electron chi connectivity index (χ2n) is 6.88. The summed E-state index contributed by atoms with van der Waals surface area (Å²) in [6.45, 7) is 4.93. The van der Waals surface area contributed by atoms with Crippen molar-refractivity contribution < 1.29 is 18.7 Å². The number of benzene rings is 1. The number of nitrogens with zero attached hydrogens (tertiary/aromatic N) is 2. The summed E-state index contributed by atoms with van der Waals surface area (Å²) in [6, 6.07) is 6.61. The number of methoxy groups -OCH3 is 1. The van der Waals surface area contributed by atoms with Crippen LogP contribution in [0.3, 0.4) is 0 Å². The molecule has 0 N–H and O–H groups in total. The van der Waals surface area contributed by atoms with Crippen LogP contribution in [0.4, 0.5) is 4.39 Å². The first kappa shape index (κ1) is 18.3. The van der Waals surface area contributed by atoms with Gasteiger partial charge in [-0.15, -0.1) is 0 Å². The third kappa shape index (κ3) is 5.00. The van der Waals surface area contributed by atoms with E-state index < -0.39 is 0 Å². The molecule has 0 bridgehead atoms. The molecule has 138 valence electrons. The third-order valence-corrected chi connectivity index (χ3v) is 5.19. The number of carbonyl (C=O) groups is 1. The second-order valence-corrected chi connectivity index (χ2v) is 6.88. The number of hydrogen-bond acceptors (Lipinski definition) is 4. The van der Waals surface area contributed by atoms with Crippen LogP contribution >= 0.6 is 0 Å². The van der Waals surface area contributed by atoms with Gasteiger partial charge in [0.2, 0.25) is 5.91 Å². The molecule has 2 fully saturated rings. The molecule has 2 saturated heterocycles. The summed E-state index contributed by atoms with van der Waals surface area (Å²) in [5, 5.41) is 0. The fraction of sp³-hybridized carbons (Fsp3) is 0.632. The van der Waals surface area contributed by atoms with Gasteiger partial charge in [-0.2, -0.15) is 0 Å². The number of likely N-dealkylation sites (tertiary alicyclic amines) is 1. The van der Waals surface area contributed by atoms with Crippen LogP contribution in [0.1, 0.15) is 12.0 Å². The van der Waals surface area contributed by atoms with Crippen molar-refractivity contribution >= 4 is 5.91 Å². The molecule has 1 aromatic rings. The van der Waals surface area contributed by atoms with Crippen molar-refractivity contribution in [1.29, 1.82) is 0 Å². The highest BCUT2D eigenvalue weighted by Crippen LogP contribution is 2.24. The number of ether oxygens (including phenoxy) is 2. The highest BCUT2D eigenvalue weighted by Gasteiger charge is 2.32. The first-order valence-electron chi connectivity index (χ1n) is 9.01. The Hall–Kier alpha value is -1.50. The van der Waals surface area contributed by atoms with Crippen LogP contribution in [-0.4, -0.2) is 74.9 Å². The Balaban J connectivity index is 1.59. The van der Waals surface area contributed by atoms with Crippen molar-refractivity contribution in [3.05, 3.63) is 35.6 Å². The maximum atomic E-state index is 13.1. The monoisotopic (exact) mass is 350 g/mol. The fourth-order valence-electron chi connectivity index (χ4n) is 3.72. The van der Waals surface area contributed by atoms with Crippen LogP contribution in [-0.2, 0) is 20.7 Å². The Morgan fingerprint density at radius 1 is 1.24 bits per heavy atom. The quantitative estimate of drug-likeness (QED) is 0.808. The molecule has 0 saturated carbocycles. The van der Waals surface area contributed by atoms with E-state index in [-0.39, 0.29) is 23.7 Å². The smallest absolute Gasteiger partial charge is 0.236 e. The van der Waals surface area contributed by atoms with E-state index >= 15 is 0 Å². The van der Waals surface area contributed by atoms with Crippen molar-refractivity contribution in [3.8, 4) is 0 Å². The molecule has 5 nitrogen and oxygen atoms in total. The first-order valence-corrected chi connectivity index (χ1v) is 9.01. The Morgan fingerprint density at radius 3 is 2.64 bits per heavy atom. The maximum absolute atomic E-state index is 13.1. The molecule has 0 unspecified atom stereocenters. The number of carbonyl (C=O) groups excluding carboxylic acids is 1. The van der Waals surface area contributed by atoms with Crippen LogP contribution in [0, 0.1) is 11.7 Å². The predicted molar refractivity (Wildman–Crippen MR) is 92.8 cm³/mol. The zero-order valence-corrected chi connectivity index (χ0v) is 14.8. The molecule has 0 aliphatic carbocycles. The Labute approximate surface area is 148 Å². The van der Waals surface area contributed by atoms with E-state index in [9.17, 15) is 9.18 Å². The minimum atomic E-state index is -0.224. The van der Waals surface area contributed by atoms with Crippen molar-refractivity contribution in [3.63, 3.8) is 0 Å². The van der Waals surface area contributed by atoms with Gasteiger partial charge >= 0.3 is 0 Å². The molecule has 0 radical (unpaired) electrons. The summed E-state index contributed by atoms with van der Waals surface area (Å²) < 4.78 is 24.1. The lowest BCUT2D eigenvalue weighted by atomic mass is 9.88. The number of piperidine rings is 1. The second kappa shape index (κ2) is 8.74. The summed E-state index contributed by atoms with van der Waals surface area (Å²) in [6.07, 6.45) is 1.77. The van der Waals surface area contributed by atoms with Gasteiger partial charge in [0.05, 0.1) is 25.9 Å². The molecule has 25 heavy (non-hydrogen) atoms. The van der Waals surface area contributed by atoms with Gasteiger partial charge in [-0.25, -0.2) is 4.39 Å². The van der Waals surface area contributed by atoms with Crippen LogP contribution in [0.15, 0.2) is 24.3 Å². The van der Waals surface area contributed by atoms with Gasteiger partial charge in [0.25, 0.3) is 0 Å². The minimum absolute atomic E-state index is 0.137. The van der Waals surface area contributed by atoms with Gasteiger partial charge in [0.15, 0.2) is 0 Å². The van der Waals surface area contributed by atoms with Crippen molar-refractivity contribution in [2.45, 2.75) is 18.9 Å². The number of amides is 1. The van der Waals surface area contributed by atoms with E-state index in [2.05, 4.69) is 4.90 Å². The molecule has 0 spiro atoms. The first-order chi connectivity index (χ1) is 12.2. The van der Waals surface area contributed by atoms with Crippen molar-refractivity contribution in [1.82, 2.24) is 9.80 Å². The van der Waals surface area contributed by atoms with Crippen molar-refractivity contribution in [2.75, 3.05) is 53.0 Å². The van der Waals surface area contributed by atoms with Crippen molar-refractivity contribution in [2.24, 2.45) is 5.92 Å². The number of halogens is 1. The average Bonchev–Trinajstić information content (AvgIpc) is 2.64. The van der Waals surface area contributed by atoms with Crippen LogP contribution in [0.5, 0.6) is 0 Å². The van der Waals surface area contributed by atoms with E-state index in [0.29, 0.717) is 26.3 Å². The van der Waals surface area contributed by atoms with E-state index in [0.717, 1.165) is 38.0 Å². The molecule has 0 aromatic heterocycles. The highest BCUT2D eigenvalue weighted by atomic mass is 19.1. The topological polar surface area (TPSA) is 42.0 Å². The third-order valence-electron chi connectivity index (χ3n) is 5.19. The van der Waals surface area contributed by atoms with Gasteiger partial charge < -0.3 is 14.4 Å². The summed E-state index contributed by atoms with van der Waals surface area (Å²) in [5.41, 5.74) is 1.08. The number of hydrogen-bond donors (Lipinski definition) is 0. The minimum Gasteiger partial charge on any atom is -0.381 e. The Bertz CT molecular complexity index is 560. The molecule has 2 aliphatic rings. The zero-order chi connectivity index (χ0) is 17.6. The highest BCUT2D eigenvalue weighted by molar-refractivity contribution is 5.78. The lowest BCUT2D eigenvalue weighted by molar-refractivity contribution is -0.137. The molecule has 2 heterocycles. The lowest BCUT2D eigenvalue weighted by Gasteiger charge is -2.39. The average molecular weight is 350 g/mol. The fourth-order valence-corrected chi connectivity index (χ4v) is 3.72. The van der Waals surface area contributed by atoms with E-state index in [1.165, 1.54) is 12.1 Å². The number of morpholine rings is 1. The van der Waals surface area contributed by atoms with E-state index in [1.807, 2.05) is 17.0 Å². The summed E-state index contributed by atoms with van der Waals surface area (Å²) in [7, 11) is 1.73. The van der Waals surface area contributed by atoms with Crippen LogP contribution in [0.25, 0.3) is 0 Å². The van der Waals surface area contributed by atoms with Gasteiger partial charge in [-0.3, -0.25) is 9.69 Å². The maximum Gasteiger partial charge on any atom is 0.236 e. The largest absolute Gasteiger partial charge is 0.381 e. The predicted octanol–water partition coefficient (Wildman–Crippen LogP) is 1.56. The molecule has 1 aromatic carbocycles. The molecule has 2 atom stereocenters. The summed E-state index contributed by atoms with van der Waals surface area (Å²) >= 11 is 0. The molecular weight excluding hydrogens is 323 g/mol. The summed E-state index contributed by atoms with van der Waals surface area (Å²) in [5.74, 6) is 0.191. The molecule has 2 aliphatic heterocycles. The normalized spacial score (nSPS) is 25.1. The van der Waals surface area contributed by atoms with Crippen LogP contribution < -0.4 is 0 Å². The van der Waals surface area contributed by atoms with Gasteiger partial charge in [0, 0.05) is 39.2 Å². The molecular formula is C19H27FN2O3. The number of rotatable bonds is 5. The van der Waals surface area contributed by atoms with Gasteiger partial charge in [-0.05, 0) is 30.5 Å². The van der Waals surface area contributed by atoms with E-state index in [1.54, 1.807) is 7.11 Å². The summed E-state index contributed by atoms with van der Waals surface area (Å²) in [4.78, 5) is 16.8. The molecule has 6 heteroatoms. The van der Waals surface area contributed by atoms with Gasteiger partial charge in [0.1, 0.15) is 5.82 Å². The molecule has 3 rings (SSSR count). The van der Waals surface area contributed by atoms with E-state index in [4.69, 9.17) is 9.47 Å². The SMILES string of the molecule is CO[C@H]1CCN(C(=O)CN2CCOCC2)C[C@H]1Cc1ccc(F)cc1. The molecule has 1 amide bonds. The van der Waals surface area contributed by atoms with Crippen LogP contribution in [0.2, 0.25) is 0 Å². The standard InChI is InChI=1S/C19H27FN2O3/c1-24-18-6-7-22(19(23)14-21-8-10-25-11-9-21)13-16(18)12-15-2-4-17(20)5-3-15/h2-5,16,18H,6-14H2,1H3/t16-,18+/m1/s1. The lowest BCUT2D eigenvalue weighted by Crippen LogP contribution is -2.51. The van der Waals surface area contributed by atoms with Gasteiger partial charge in [-0.1, -0.05) is 12.1 Å². The zero-order valence-electron chi connectivity index (χ0n) is 14.8. The Kier molecular flexibility index (Phi) is 6.39. The Morgan fingerprint density at radius 2 is 1.96 bits per heavy atom.